The minimum absolute atomic E-state index is 0.392. The number of aromatic amines is 1. The van der Waals surface area contributed by atoms with Gasteiger partial charge >= 0.3 is 0 Å². The summed E-state index contributed by atoms with van der Waals surface area (Å²) >= 11 is 0. The predicted octanol–water partition coefficient (Wildman–Crippen LogP) is 4.84. The van der Waals surface area contributed by atoms with Gasteiger partial charge in [-0.05, 0) is 37.8 Å². The molecule has 1 heterocycles. The lowest BCUT2D eigenvalue weighted by Crippen LogP contribution is -2.02. The molecule has 2 heteroatoms. The van der Waals surface area contributed by atoms with E-state index in [1.54, 1.807) is 0 Å². The second-order valence-corrected chi connectivity index (χ2v) is 5.12. The second kappa shape index (κ2) is 9.76. The van der Waals surface area contributed by atoms with E-state index in [0.29, 0.717) is 5.92 Å². The fourth-order valence-electron chi connectivity index (χ4n) is 2.32. The van der Waals surface area contributed by atoms with E-state index in [4.69, 9.17) is 5.26 Å². The number of hydrogen-bond acceptors (Lipinski definition) is 1. The van der Waals surface area contributed by atoms with Gasteiger partial charge in [-0.3, -0.25) is 0 Å². The van der Waals surface area contributed by atoms with Gasteiger partial charge < -0.3 is 4.98 Å². The highest BCUT2D eigenvalue weighted by atomic mass is 14.7. The molecule has 2 nitrogen and oxygen atoms in total. The van der Waals surface area contributed by atoms with Crippen LogP contribution in [0.3, 0.4) is 0 Å². The molecule has 0 atom stereocenters. The average molecular weight is 246 g/mol. The number of aryl methyl sites for hydroxylation is 1. The number of aromatic nitrogens is 1. The van der Waals surface area contributed by atoms with Crippen LogP contribution in [0.2, 0.25) is 0 Å². The highest BCUT2D eigenvalue weighted by molar-refractivity contribution is 5.03. The molecular weight excluding hydrogens is 220 g/mol. The van der Waals surface area contributed by atoms with E-state index in [2.05, 4.69) is 30.1 Å². The van der Waals surface area contributed by atoms with Crippen LogP contribution in [0.4, 0.5) is 0 Å². The summed E-state index contributed by atoms with van der Waals surface area (Å²) in [4.78, 5) is 3.20. The third-order valence-electron chi connectivity index (χ3n) is 3.50. The van der Waals surface area contributed by atoms with Crippen LogP contribution in [0.1, 0.15) is 64.0 Å². The summed E-state index contributed by atoms with van der Waals surface area (Å²) in [5, 5.41) is 8.44. The van der Waals surface area contributed by atoms with Crippen LogP contribution in [0.5, 0.6) is 0 Å². The van der Waals surface area contributed by atoms with Crippen molar-refractivity contribution in [2.24, 2.45) is 5.92 Å². The number of hydrogen-bond donors (Lipinski definition) is 1. The second-order valence-electron chi connectivity index (χ2n) is 5.12. The van der Waals surface area contributed by atoms with Crippen molar-refractivity contribution in [3.63, 3.8) is 0 Å². The Morgan fingerprint density at radius 2 is 2.06 bits per heavy atom. The number of unbranched alkanes of at least 4 members (excludes halogenated alkanes) is 2. The quantitative estimate of drug-likeness (QED) is 0.759. The Hall–Kier alpha value is -1.23. The fraction of sp³-hybridized carbons (Fsp3) is 0.688. The Bertz CT molecular complexity index is 315. The summed E-state index contributed by atoms with van der Waals surface area (Å²) in [5.41, 5.74) is 1.37. The first-order chi connectivity index (χ1) is 8.86. The first-order valence-electron chi connectivity index (χ1n) is 7.38. The van der Waals surface area contributed by atoms with Crippen LogP contribution >= 0.6 is 0 Å². The Morgan fingerprint density at radius 3 is 2.56 bits per heavy atom. The van der Waals surface area contributed by atoms with Gasteiger partial charge in [0.15, 0.2) is 0 Å². The highest BCUT2D eigenvalue weighted by Crippen LogP contribution is 2.22. The van der Waals surface area contributed by atoms with E-state index in [-0.39, 0.29) is 0 Å². The molecule has 0 unspecified atom stereocenters. The largest absolute Gasteiger partial charge is 0.365 e. The van der Waals surface area contributed by atoms with E-state index in [0.717, 1.165) is 12.8 Å². The molecule has 0 aromatic carbocycles. The Kier molecular flexibility index (Phi) is 8.04. The molecule has 100 valence electrons. The molecule has 1 fully saturated rings. The van der Waals surface area contributed by atoms with Crippen molar-refractivity contribution < 1.29 is 0 Å². The van der Waals surface area contributed by atoms with Gasteiger partial charge in [-0.2, -0.15) is 5.26 Å². The summed E-state index contributed by atoms with van der Waals surface area (Å²) in [6, 6.07) is 6.51. The summed E-state index contributed by atoms with van der Waals surface area (Å²) in [6.45, 7) is 2.23. The van der Waals surface area contributed by atoms with E-state index in [9.17, 15) is 0 Å². The van der Waals surface area contributed by atoms with Crippen LogP contribution in [0.15, 0.2) is 18.3 Å². The Labute approximate surface area is 111 Å². The zero-order valence-corrected chi connectivity index (χ0v) is 11.6. The highest BCUT2D eigenvalue weighted by Gasteiger charge is 2.10. The third kappa shape index (κ3) is 6.49. The van der Waals surface area contributed by atoms with E-state index in [1.165, 1.54) is 50.6 Å². The van der Waals surface area contributed by atoms with Crippen LogP contribution in [-0.4, -0.2) is 4.98 Å². The number of H-pyrrole nitrogens is 1. The summed E-state index contributed by atoms with van der Waals surface area (Å²) < 4.78 is 0. The van der Waals surface area contributed by atoms with Crippen molar-refractivity contribution in [1.29, 1.82) is 5.26 Å². The maximum atomic E-state index is 8.44. The molecule has 0 aliphatic heterocycles. The van der Waals surface area contributed by atoms with Crippen molar-refractivity contribution in [1.82, 2.24) is 4.98 Å². The number of nitrogens with one attached hydrogen (secondary N) is 1. The van der Waals surface area contributed by atoms with Gasteiger partial charge in [0.2, 0.25) is 0 Å². The first kappa shape index (κ1) is 14.8. The molecule has 1 aromatic rings. The normalized spacial score (nSPS) is 15.6. The summed E-state index contributed by atoms with van der Waals surface area (Å²) in [6.07, 6.45) is 13.4. The van der Waals surface area contributed by atoms with Crippen molar-refractivity contribution in [3.05, 3.63) is 24.0 Å². The SMILES string of the molecule is CCCCCc1ccc[nH]1.N#CC1CCCCC1. The molecule has 1 aliphatic rings. The fourth-order valence-corrected chi connectivity index (χ4v) is 2.32. The zero-order chi connectivity index (χ0) is 13.1. The lowest BCUT2D eigenvalue weighted by atomic mass is 9.91. The van der Waals surface area contributed by atoms with Crippen LogP contribution < -0.4 is 0 Å². The molecule has 0 spiro atoms. The van der Waals surface area contributed by atoms with Gasteiger partial charge in [0.05, 0.1) is 6.07 Å². The van der Waals surface area contributed by atoms with Gasteiger partial charge in [-0.25, -0.2) is 0 Å². The smallest absolute Gasteiger partial charge is 0.0655 e. The minimum Gasteiger partial charge on any atom is -0.365 e. The number of rotatable bonds is 4. The van der Waals surface area contributed by atoms with Gasteiger partial charge in [0, 0.05) is 17.8 Å². The van der Waals surface area contributed by atoms with Gasteiger partial charge in [0.1, 0.15) is 0 Å². The van der Waals surface area contributed by atoms with E-state index >= 15 is 0 Å². The van der Waals surface area contributed by atoms with E-state index in [1.807, 2.05) is 6.20 Å². The predicted molar refractivity (Wildman–Crippen MR) is 76.2 cm³/mol. The third-order valence-corrected chi connectivity index (χ3v) is 3.50. The molecule has 1 aliphatic carbocycles. The van der Waals surface area contributed by atoms with Crippen LogP contribution in [0.25, 0.3) is 0 Å². The average Bonchev–Trinajstić information content (AvgIpc) is 2.94. The monoisotopic (exact) mass is 246 g/mol. The molecule has 0 bridgehead atoms. The first-order valence-corrected chi connectivity index (χ1v) is 7.38. The Morgan fingerprint density at radius 1 is 1.28 bits per heavy atom. The molecule has 0 saturated heterocycles. The number of nitrogens with zero attached hydrogens (tertiary/aromatic N) is 1. The van der Waals surface area contributed by atoms with Gasteiger partial charge in [-0.15, -0.1) is 0 Å². The molecule has 0 radical (unpaired) electrons. The Balaban J connectivity index is 0.000000184. The van der Waals surface area contributed by atoms with Crippen molar-refractivity contribution in [2.45, 2.75) is 64.7 Å². The molecule has 0 amide bonds. The molecular formula is C16H26N2. The summed E-state index contributed by atoms with van der Waals surface area (Å²) in [5.74, 6) is 0.392. The maximum Gasteiger partial charge on any atom is 0.0655 e. The standard InChI is InChI=1S/C9H15N.C7H11N/c1-2-3-4-6-9-7-5-8-10-9;8-6-7-4-2-1-3-5-7/h5,7-8,10H,2-4,6H2,1H3;7H,1-5H2. The van der Waals surface area contributed by atoms with E-state index < -0.39 is 0 Å². The molecule has 2 rings (SSSR count). The molecule has 1 aromatic heterocycles. The van der Waals surface area contributed by atoms with Crippen molar-refractivity contribution in [2.75, 3.05) is 0 Å². The van der Waals surface area contributed by atoms with Crippen LogP contribution in [-0.2, 0) is 6.42 Å². The molecule has 1 N–H and O–H groups in total. The van der Waals surface area contributed by atoms with Gasteiger partial charge in [-0.1, -0.05) is 39.0 Å². The lowest BCUT2D eigenvalue weighted by molar-refractivity contribution is 0.427. The maximum absolute atomic E-state index is 8.44. The topological polar surface area (TPSA) is 39.6 Å². The minimum atomic E-state index is 0.392. The molecule has 18 heavy (non-hydrogen) atoms. The summed E-state index contributed by atoms with van der Waals surface area (Å²) in [7, 11) is 0. The van der Waals surface area contributed by atoms with Crippen molar-refractivity contribution in [3.8, 4) is 6.07 Å². The zero-order valence-electron chi connectivity index (χ0n) is 11.6. The van der Waals surface area contributed by atoms with Gasteiger partial charge in [0.25, 0.3) is 0 Å². The van der Waals surface area contributed by atoms with Crippen molar-refractivity contribution >= 4 is 0 Å². The molecule has 1 saturated carbocycles. The lowest BCUT2D eigenvalue weighted by Gasteiger charge is -2.13. The number of nitriles is 1. The van der Waals surface area contributed by atoms with Crippen LogP contribution in [0, 0.1) is 17.2 Å².